The molecule has 0 heterocycles. The molecule has 6 nitrogen and oxygen atoms in total. The van der Waals surface area contributed by atoms with Gasteiger partial charge in [-0.15, -0.1) is 24.0 Å². The number of ether oxygens (including phenoxy) is 3. The fourth-order valence-electron chi connectivity index (χ4n) is 2.08. The van der Waals surface area contributed by atoms with Crippen LogP contribution in [0.2, 0.25) is 0 Å². The normalized spacial score (nSPS) is 11.2. The van der Waals surface area contributed by atoms with E-state index in [0.29, 0.717) is 44.4 Å². The molecule has 0 saturated carbocycles. The first-order valence-electron chi connectivity index (χ1n) is 8.12. The molecule has 0 unspecified atom stereocenters. The lowest BCUT2D eigenvalue weighted by Gasteiger charge is -2.15. The Hall–Kier alpha value is -1.20. The van der Waals surface area contributed by atoms with Crippen molar-refractivity contribution in [2.24, 2.45) is 4.99 Å². The van der Waals surface area contributed by atoms with Crippen LogP contribution < -0.4 is 15.4 Å². The minimum atomic E-state index is -2.85. The van der Waals surface area contributed by atoms with Gasteiger partial charge < -0.3 is 24.8 Å². The molecule has 0 fully saturated rings. The van der Waals surface area contributed by atoms with Gasteiger partial charge in [0.05, 0.1) is 13.2 Å². The van der Waals surface area contributed by atoms with Crippen molar-refractivity contribution in [1.82, 2.24) is 10.6 Å². The van der Waals surface area contributed by atoms with E-state index >= 15 is 0 Å². The molecule has 9 heteroatoms. The van der Waals surface area contributed by atoms with Crippen LogP contribution in [0.25, 0.3) is 0 Å². The largest absolute Gasteiger partial charge is 0.434 e. The SMILES string of the molecule is CN=C(NCCCOCCOC)NCc1cc(C)ccc1OC(F)F.I. The van der Waals surface area contributed by atoms with Crippen molar-refractivity contribution < 1.29 is 23.0 Å². The molecule has 0 aliphatic heterocycles. The summed E-state index contributed by atoms with van der Waals surface area (Å²) in [7, 11) is 3.28. The van der Waals surface area contributed by atoms with E-state index in [-0.39, 0.29) is 29.7 Å². The molecule has 1 aromatic carbocycles. The van der Waals surface area contributed by atoms with E-state index in [1.165, 1.54) is 0 Å². The number of guanidine groups is 1. The fraction of sp³-hybridized carbons (Fsp3) is 0.588. The van der Waals surface area contributed by atoms with Gasteiger partial charge in [0.15, 0.2) is 5.96 Å². The predicted octanol–water partition coefficient (Wildman–Crippen LogP) is 2.93. The lowest BCUT2D eigenvalue weighted by Crippen LogP contribution is -2.37. The summed E-state index contributed by atoms with van der Waals surface area (Å²) in [4.78, 5) is 4.11. The number of hydrogen-bond acceptors (Lipinski definition) is 4. The van der Waals surface area contributed by atoms with Gasteiger partial charge in [0, 0.05) is 39.4 Å². The summed E-state index contributed by atoms with van der Waals surface area (Å²) in [5.41, 5.74) is 1.61. The van der Waals surface area contributed by atoms with Crippen LogP contribution in [0.4, 0.5) is 8.78 Å². The first-order valence-corrected chi connectivity index (χ1v) is 8.12. The quantitative estimate of drug-likeness (QED) is 0.218. The van der Waals surface area contributed by atoms with E-state index in [0.717, 1.165) is 12.0 Å². The van der Waals surface area contributed by atoms with Crippen LogP contribution in [0.15, 0.2) is 23.2 Å². The highest BCUT2D eigenvalue weighted by Gasteiger charge is 2.10. The van der Waals surface area contributed by atoms with Gasteiger partial charge in [0.1, 0.15) is 5.75 Å². The van der Waals surface area contributed by atoms with Gasteiger partial charge in [0.2, 0.25) is 0 Å². The highest BCUT2D eigenvalue weighted by molar-refractivity contribution is 14.0. The van der Waals surface area contributed by atoms with Crippen LogP contribution in [0.5, 0.6) is 5.75 Å². The number of halogens is 3. The van der Waals surface area contributed by atoms with E-state index < -0.39 is 6.61 Å². The zero-order valence-corrected chi connectivity index (χ0v) is 17.7. The number of benzene rings is 1. The van der Waals surface area contributed by atoms with Crippen LogP contribution >= 0.6 is 24.0 Å². The lowest BCUT2D eigenvalue weighted by molar-refractivity contribution is -0.0504. The van der Waals surface area contributed by atoms with E-state index in [1.807, 2.05) is 13.0 Å². The van der Waals surface area contributed by atoms with Gasteiger partial charge >= 0.3 is 6.61 Å². The molecule has 0 saturated heterocycles. The van der Waals surface area contributed by atoms with E-state index in [9.17, 15) is 8.78 Å². The molecule has 0 radical (unpaired) electrons. The third-order valence-electron chi connectivity index (χ3n) is 3.29. The van der Waals surface area contributed by atoms with Crippen LogP contribution in [-0.4, -0.2) is 53.1 Å². The molecule has 0 atom stereocenters. The van der Waals surface area contributed by atoms with Crippen molar-refractivity contribution in [1.29, 1.82) is 0 Å². The first kappa shape index (κ1) is 24.8. The summed E-state index contributed by atoms with van der Waals surface area (Å²) < 4.78 is 39.8. The standard InChI is InChI=1S/C17H27F2N3O3.HI/c1-13-5-6-15(25-16(18)19)14(11-13)12-22-17(20-2)21-7-4-8-24-10-9-23-3;/h5-6,11,16H,4,7-10,12H2,1-3H3,(H2,20,21,22);1H. The Morgan fingerprint density at radius 3 is 2.62 bits per heavy atom. The fourth-order valence-corrected chi connectivity index (χ4v) is 2.08. The Bertz CT molecular complexity index is 534. The first-order chi connectivity index (χ1) is 12.1. The van der Waals surface area contributed by atoms with Crippen LogP contribution in [0.3, 0.4) is 0 Å². The number of alkyl halides is 2. The second kappa shape index (κ2) is 14.9. The summed E-state index contributed by atoms with van der Waals surface area (Å²) in [5, 5.41) is 6.24. The average molecular weight is 487 g/mol. The van der Waals surface area contributed by atoms with Gasteiger partial charge in [-0.05, 0) is 19.4 Å². The van der Waals surface area contributed by atoms with Crippen molar-refractivity contribution >= 4 is 29.9 Å². The zero-order chi connectivity index (χ0) is 18.5. The number of aliphatic imine (C=N–C) groups is 1. The summed E-state index contributed by atoms with van der Waals surface area (Å²) >= 11 is 0. The van der Waals surface area contributed by atoms with E-state index in [4.69, 9.17) is 9.47 Å². The zero-order valence-electron chi connectivity index (χ0n) is 15.4. The average Bonchev–Trinajstić information content (AvgIpc) is 2.58. The number of nitrogens with one attached hydrogen (secondary N) is 2. The smallest absolute Gasteiger partial charge is 0.387 e. The molecule has 0 aliphatic carbocycles. The predicted molar refractivity (Wildman–Crippen MR) is 109 cm³/mol. The molecule has 1 rings (SSSR count). The third-order valence-corrected chi connectivity index (χ3v) is 3.29. The number of aryl methyl sites for hydroxylation is 1. The maximum Gasteiger partial charge on any atom is 0.387 e. The van der Waals surface area contributed by atoms with Crippen molar-refractivity contribution in [3.8, 4) is 5.75 Å². The second-order valence-electron chi connectivity index (χ2n) is 5.30. The Morgan fingerprint density at radius 2 is 1.96 bits per heavy atom. The monoisotopic (exact) mass is 487 g/mol. The summed E-state index contributed by atoms with van der Waals surface area (Å²) in [6.45, 7) is 1.83. The minimum absolute atomic E-state index is 0. The van der Waals surface area contributed by atoms with Crippen LogP contribution in [-0.2, 0) is 16.0 Å². The molecule has 0 spiro atoms. The molecule has 0 aliphatic rings. The topological polar surface area (TPSA) is 64.1 Å². The van der Waals surface area contributed by atoms with Crippen molar-refractivity contribution in [2.75, 3.05) is 40.5 Å². The van der Waals surface area contributed by atoms with Crippen LogP contribution in [0, 0.1) is 6.92 Å². The highest BCUT2D eigenvalue weighted by atomic mass is 127. The van der Waals surface area contributed by atoms with Gasteiger partial charge in [-0.3, -0.25) is 4.99 Å². The Kier molecular flexibility index (Phi) is 14.2. The van der Waals surface area contributed by atoms with Crippen molar-refractivity contribution in [3.63, 3.8) is 0 Å². The number of hydrogen-bond donors (Lipinski definition) is 2. The van der Waals surface area contributed by atoms with Gasteiger partial charge in [-0.25, -0.2) is 0 Å². The van der Waals surface area contributed by atoms with E-state index in [1.54, 1.807) is 26.3 Å². The van der Waals surface area contributed by atoms with E-state index in [2.05, 4.69) is 20.4 Å². The second-order valence-corrected chi connectivity index (χ2v) is 5.30. The number of nitrogens with zero attached hydrogens (tertiary/aromatic N) is 1. The minimum Gasteiger partial charge on any atom is -0.434 e. The molecule has 2 N–H and O–H groups in total. The maximum absolute atomic E-state index is 12.5. The van der Waals surface area contributed by atoms with Gasteiger partial charge in [-0.1, -0.05) is 17.7 Å². The summed E-state index contributed by atoms with van der Waals surface area (Å²) in [6.07, 6.45) is 0.814. The molecule has 150 valence electrons. The Morgan fingerprint density at radius 1 is 1.19 bits per heavy atom. The summed E-state index contributed by atoms with van der Waals surface area (Å²) in [5.74, 6) is 0.747. The van der Waals surface area contributed by atoms with Crippen molar-refractivity contribution in [3.05, 3.63) is 29.3 Å². The molecule has 0 amide bonds. The van der Waals surface area contributed by atoms with Gasteiger partial charge in [0.25, 0.3) is 0 Å². The molecular weight excluding hydrogens is 459 g/mol. The molecule has 26 heavy (non-hydrogen) atoms. The molecule has 1 aromatic rings. The summed E-state index contributed by atoms with van der Waals surface area (Å²) in [6, 6.07) is 5.09. The third kappa shape index (κ3) is 10.7. The van der Waals surface area contributed by atoms with Gasteiger partial charge in [-0.2, -0.15) is 8.78 Å². The number of methoxy groups -OCH3 is 1. The molecular formula is C17H28F2IN3O3. The van der Waals surface area contributed by atoms with Crippen molar-refractivity contribution in [2.45, 2.75) is 26.5 Å². The maximum atomic E-state index is 12.5. The molecule has 0 aromatic heterocycles. The Balaban J connectivity index is 0.00000625. The Labute approximate surface area is 170 Å². The number of rotatable bonds is 11. The highest BCUT2D eigenvalue weighted by Crippen LogP contribution is 2.21. The lowest BCUT2D eigenvalue weighted by atomic mass is 10.1. The van der Waals surface area contributed by atoms with Crippen LogP contribution in [0.1, 0.15) is 17.5 Å². The molecule has 0 bridgehead atoms.